The fourth-order valence-corrected chi connectivity index (χ4v) is 2.29. The van der Waals surface area contributed by atoms with Gasteiger partial charge >= 0.3 is 5.97 Å². The first-order chi connectivity index (χ1) is 11.7. The Hall–Kier alpha value is -2.20. The van der Waals surface area contributed by atoms with Crippen molar-refractivity contribution in [1.29, 1.82) is 0 Å². The van der Waals surface area contributed by atoms with Gasteiger partial charge in [-0.1, -0.05) is 23.7 Å². The third-order valence-corrected chi connectivity index (χ3v) is 3.78. The van der Waals surface area contributed by atoms with Gasteiger partial charge in [0.2, 0.25) is 0 Å². The summed E-state index contributed by atoms with van der Waals surface area (Å²) in [4.78, 5) is 11.1. The number of aryl methyl sites for hydroxylation is 1. The first-order valence-corrected chi connectivity index (χ1v) is 8.33. The summed E-state index contributed by atoms with van der Waals surface area (Å²) in [5.41, 5.74) is 2.14. The molecule has 0 fully saturated rings. The van der Waals surface area contributed by atoms with E-state index in [9.17, 15) is 4.79 Å². The van der Waals surface area contributed by atoms with Crippen LogP contribution in [0, 0.1) is 0 Å². The van der Waals surface area contributed by atoms with E-state index in [1.165, 1.54) is 7.11 Å². The van der Waals surface area contributed by atoms with Crippen LogP contribution >= 0.6 is 11.6 Å². The zero-order chi connectivity index (χ0) is 17.2. The third kappa shape index (κ3) is 6.50. The number of ether oxygens (including phenoxy) is 2. The summed E-state index contributed by atoms with van der Waals surface area (Å²) in [6, 6.07) is 15.4. The maximum absolute atomic E-state index is 11.1. The van der Waals surface area contributed by atoms with Gasteiger partial charge < -0.3 is 14.8 Å². The van der Waals surface area contributed by atoms with E-state index in [1.54, 1.807) is 0 Å². The topological polar surface area (TPSA) is 47.6 Å². The number of methoxy groups -OCH3 is 1. The lowest BCUT2D eigenvalue weighted by Crippen LogP contribution is -2.07. The van der Waals surface area contributed by atoms with Gasteiger partial charge in [-0.25, -0.2) is 0 Å². The summed E-state index contributed by atoms with van der Waals surface area (Å²) in [5, 5.41) is 4.05. The number of halogens is 1. The van der Waals surface area contributed by atoms with Gasteiger partial charge in [0.05, 0.1) is 13.7 Å². The molecule has 2 aromatic rings. The SMILES string of the molecule is COC(=O)CCc1ccc(OCCCNc2ccc(Cl)cc2)cc1. The van der Waals surface area contributed by atoms with E-state index in [2.05, 4.69) is 10.1 Å². The predicted octanol–water partition coefficient (Wildman–Crippen LogP) is 4.33. The highest BCUT2D eigenvalue weighted by molar-refractivity contribution is 6.30. The van der Waals surface area contributed by atoms with Crippen LogP contribution in [0.3, 0.4) is 0 Å². The van der Waals surface area contributed by atoms with Crippen molar-refractivity contribution >= 4 is 23.3 Å². The number of esters is 1. The summed E-state index contributed by atoms with van der Waals surface area (Å²) in [6.45, 7) is 1.47. The van der Waals surface area contributed by atoms with Crippen LogP contribution in [-0.4, -0.2) is 26.2 Å². The normalized spacial score (nSPS) is 10.2. The summed E-state index contributed by atoms with van der Waals surface area (Å²) in [5.74, 6) is 0.645. The molecule has 5 heteroatoms. The zero-order valence-corrected chi connectivity index (χ0v) is 14.5. The Morgan fingerprint density at radius 2 is 1.79 bits per heavy atom. The molecule has 128 valence electrons. The van der Waals surface area contributed by atoms with Crippen LogP contribution in [0.15, 0.2) is 48.5 Å². The summed E-state index contributed by atoms with van der Waals surface area (Å²) in [6.07, 6.45) is 1.97. The molecule has 0 aliphatic carbocycles. The molecule has 24 heavy (non-hydrogen) atoms. The molecular formula is C19H22ClNO3. The number of benzene rings is 2. The van der Waals surface area contributed by atoms with Gasteiger partial charge in [-0.3, -0.25) is 4.79 Å². The molecule has 0 aliphatic heterocycles. The minimum Gasteiger partial charge on any atom is -0.494 e. The van der Waals surface area contributed by atoms with Crippen molar-refractivity contribution in [2.45, 2.75) is 19.3 Å². The van der Waals surface area contributed by atoms with Gasteiger partial charge in [0.25, 0.3) is 0 Å². The van der Waals surface area contributed by atoms with Crippen LogP contribution in [0.4, 0.5) is 5.69 Å². The molecule has 1 N–H and O–H groups in total. The second-order valence-corrected chi connectivity index (χ2v) is 5.79. The number of hydrogen-bond acceptors (Lipinski definition) is 4. The van der Waals surface area contributed by atoms with Crippen molar-refractivity contribution in [3.63, 3.8) is 0 Å². The highest BCUT2D eigenvalue weighted by Crippen LogP contribution is 2.15. The molecule has 4 nitrogen and oxygen atoms in total. The van der Waals surface area contributed by atoms with E-state index in [0.29, 0.717) is 19.4 Å². The van der Waals surface area contributed by atoms with E-state index < -0.39 is 0 Å². The molecule has 0 saturated carbocycles. The van der Waals surface area contributed by atoms with Crippen molar-refractivity contribution in [2.75, 3.05) is 25.6 Å². The lowest BCUT2D eigenvalue weighted by atomic mass is 10.1. The molecule has 0 radical (unpaired) electrons. The molecule has 0 unspecified atom stereocenters. The van der Waals surface area contributed by atoms with Gasteiger partial charge in [0.1, 0.15) is 5.75 Å². The third-order valence-electron chi connectivity index (χ3n) is 3.53. The average molecular weight is 348 g/mol. The lowest BCUT2D eigenvalue weighted by Gasteiger charge is -2.09. The van der Waals surface area contributed by atoms with Crippen LogP contribution in [0.5, 0.6) is 5.75 Å². The highest BCUT2D eigenvalue weighted by Gasteiger charge is 2.02. The Kier molecular flexibility index (Phi) is 7.43. The number of hydrogen-bond donors (Lipinski definition) is 1. The molecule has 0 saturated heterocycles. The smallest absolute Gasteiger partial charge is 0.305 e. The summed E-state index contributed by atoms with van der Waals surface area (Å²) < 4.78 is 10.3. The second kappa shape index (κ2) is 9.83. The molecule has 0 spiro atoms. The number of carbonyl (C=O) groups excluding carboxylic acids is 1. The molecule has 2 aromatic carbocycles. The van der Waals surface area contributed by atoms with E-state index in [1.807, 2.05) is 48.5 Å². The number of nitrogens with one attached hydrogen (secondary N) is 1. The molecule has 2 rings (SSSR count). The van der Waals surface area contributed by atoms with Crippen molar-refractivity contribution < 1.29 is 14.3 Å². The Morgan fingerprint density at radius 3 is 2.46 bits per heavy atom. The minimum absolute atomic E-state index is 0.191. The van der Waals surface area contributed by atoms with E-state index in [4.69, 9.17) is 16.3 Å². The quantitative estimate of drug-likeness (QED) is 0.542. The first kappa shape index (κ1) is 18.1. The molecule has 0 bridgehead atoms. The summed E-state index contributed by atoms with van der Waals surface area (Å²) >= 11 is 5.85. The van der Waals surface area contributed by atoms with E-state index >= 15 is 0 Å². The van der Waals surface area contributed by atoms with Crippen molar-refractivity contribution in [3.8, 4) is 5.75 Å². The standard InChI is InChI=1S/C19H22ClNO3/c1-23-19(22)12-5-15-3-10-18(11-4-15)24-14-2-13-21-17-8-6-16(20)7-9-17/h3-4,6-11,21H,2,5,12-14H2,1H3. The van der Waals surface area contributed by atoms with Gasteiger partial charge in [0.15, 0.2) is 0 Å². The zero-order valence-electron chi connectivity index (χ0n) is 13.8. The molecule has 0 amide bonds. The molecule has 0 heterocycles. The largest absolute Gasteiger partial charge is 0.494 e. The maximum atomic E-state index is 11.1. The van der Waals surface area contributed by atoms with Crippen molar-refractivity contribution in [2.24, 2.45) is 0 Å². The minimum atomic E-state index is -0.191. The number of rotatable bonds is 9. The van der Waals surface area contributed by atoms with Gasteiger partial charge in [0, 0.05) is 23.7 Å². The number of carbonyl (C=O) groups is 1. The van der Waals surface area contributed by atoms with E-state index in [-0.39, 0.29) is 5.97 Å². The van der Waals surface area contributed by atoms with Crippen LogP contribution < -0.4 is 10.1 Å². The second-order valence-electron chi connectivity index (χ2n) is 5.36. The lowest BCUT2D eigenvalue weighted by molar-refractivity contribution is -0.140. The van der Waals surface area contributed by atoms with Crippen LogP contribution in [0.2, 0.25) is 5.02 Å². The van der Waals surface area contributed by atoms with Crippen LogP contribution in [0.1, 0.15) is 18.4 Å². The molecule has 0 atom stereocenters. The fraction of sp³-hybridized carbons (Fsp3) is 0.316. The van der Waals surface area contributed by atoms with Gasteiger partial charge in [-0.15, -0.1) is 0 Å². The molecule has 0 aromatic heterocycles. The average Bonchev–Trinajstić information content (AvgIpc) is 2.62. The fourth-order valence-electron chi connectivity index (χ4n) is 2.16. The van der Waals surface area contributed by atoms with Crippen LogP contribution in [0.25, 0.3) is 0 Å². The van der Waals surface area contributed by atoms with Crippen molar-refractivity contribution in [3.05, 3.63) is 59.1 Å². The Labute approximate surface area is 147 Å². The summed E-state index contributed by atoms with van der Waals surface area (Å²) in [7, 11) is 1.40. The van der Waals surface area contributed by atoms with Gasteiger partial charge in [-0.2, -0.15) is 0 Å². The van der Waals surface area contributed by atoms with Crippen LogP contribution in [-0.2, 0) is 16.0 Å². The maximum Gasteiger partial charge on any atom is 0.305 e. The number of anilines is 1. The van der Waals surface area contributed by atoms with Gasteiger partial charge in [-0.05, 0) is 54.8 Å². The highest BCUT2D eigenvalue weighted by atomic mass is 35.5. The van der Waals surface area contributed by atoms with Crippen molar-refractivity contribution in [1.82, 2.24) is 0 Å². The Balaban J connectivity index is 1.63. The van der Waals surface area contributed by atoms with E-state index in [0.717, 1.165) is 35.0 Å². The predicted molar refractivity (Wildman–Crippen MR) is 96.8 cm³/mol. The Bertz CT molecular complexity index is 626. The first-order valence-electron chi connectivity index (χ1n) is 7.95. The Morgan fingerprint density at radius 1 is 1.08 bits per heavy atom. The molecule has 0 aliphatic rings. The molecular weight excluding hydrogens is 326 g/mol. The monoisotopic (exact) mass is 347 g/mol.